The molecule has 0 atom stereocenters. The van der Waals surface area contributed by atoms with Gasteiger partial charge in [-0.3, -0.25) is 0 Å². The van der Waals surface area contributed by atoms with Crippen LogP contribution in [0, 0.1) is 12.7 Å². The number of aryl methyl sites for hydroxylation is 1. The smallest absolute Gasteiger partial charge is 0.125 e. The normalized spacial score (nSPS) is 9.38. The summed E-state index contributed by atoms with van der Waals surface area (Å²) in [5, 5.41) is 8.31. The van der Waals surface area contributed by atoms with Gasteiger partial charge in [-0.1, -0.05) is 6.07 Å². The molecule has 0 N–H and O–H groups in total. The third kappa shape index (κ3) is 1.90. The summed E-state index contributed by atoms with van der Waals surface area (Å²) in [5.41, 5.74) is 1.41. The third-order valence-corrected chi connectivity index (χ3v) is 1.65. The van der Waals surface area contributed by atoms with Crippen molar-refractivity contribution >= 4 is 19.1 Å². The predicted octanol–water partition coefficient (Wildman–Crippen LogP) is 2.17. The lowest BCUT2D eigenvalue weighted by Crippen LogP contribution is -2.07. The Hall–Kier alpha value is -1.71. The molecule has 0 bridgehead atoms. The summed E-state index contributed by atoms with van der Waals surface area (Å²) in [6, 6.07) is 4.36. The molecule has 0 saturated heterocycles. The van der Waals surface area contributed by atoms with E-state index in [1.807, 2.05) is 6.92 Å². The molecule has 0 aromatic heterocycles. The number of hydrogen-bond acceptors (Lipinski definition) is 3. The fourth-order valence-corrected chi connectivity index (χ4v) is 0.995. The minimum atomic E-state index is -0.335. The SMILES string of the molecule is C=NN(N=C)c1cc(F)ccc1C. The highest BCUT2D eigenvalue weighted by Gasteiger charge is 2.05. The number of anilines is 1. The van der Waals surface area contributed by atoms with Crippen LogP contribution >= 0.6 is 0 Å². The molecule has 1 rings (SSSR count). The molecule has 0 unspecified atom stereocenters. The van der Waals surface area contributed by atoms with Gasteiger partial charge in [0.1, 0.15) is 5.82 Å². The monoisotopic (exact) mass is 179 g/mol. The third-order valence-electron chi connectivity index (χ3n) is 1.65. The maximum absolute atomic E-state index is 12.8. The first-order valence-electron chi connectivity index (χ1n) is 3.68. The minimum Gasteiger partial charge on any atom is -0.207 e. The van der Waals surface area contributed by atoms with Crippen LogP contribution in [-0.4, -0.2) is 13.4 Å². The largest absolute Gasteiger partial charge is 0.207 e. The molecule has 4 heteroatoms. The second-order valence-electron chi connectivity index (χ2n) is 2.50. The Bertz CT molecular complexity index is 328. The topological polar surface area (TPSA) is 28.0 Å². The summed E-state index contributed by atoms with van der Waals surface area (Å²) >= 11 is 0. The van der Waals surface area contributed by atoms with E-state index in [1.165, 1.54) is 17.3 Å². The molecule has 0 spiro atoms. The molecule has 68 valence electrons. The van der Waals surface area contributed by atoms with E-state index in [9.17, 15) is 4.39 Å². The lowest BCUT2D eigenvalue weighted by atomic mass is 10.2. The Balaban J connectivity index is 3.17. The average Bonchev–Trinajstić information content (AvgIpc) is 2.13. The highest BCUT2D eigenvalue weighted by Crippen LogP contribution is 2.21. The van der Waals surface area contributed by atoms with Crippen LogP contribution in [0.15, 0.2) is 28.4 Å². The van der Waals surface area contributed by atoms with E-state index in [0.717, 1.165) is 5.56 Å². The van der Waals surface area contributed by atoms with E-state index < -0.39 is 0 Å². The molecular weight excluding hydrogens is 169 g/mol. The second kappa shape index (κ2) is 3.80. The molecule has 1 aromatic rings. The van der Waals surface area contributed by atoms with Gasteiger partial charge in [-0.2, -0.15) is 15.3 Å². The average molecular weight is 179 g/mol. The van der Waals surface area contributed by atoms with Gasteiger partial charge in [0.25, 0.3) is 0 Å². The number of hydrazone groups is 2. The van der Waals surface area contributed by atoms with Crippen LogP contribution in [0.4, 0.5) is 10.1 Å². The molecule has 0 heterocycles. The Labute approximate surface area is 76.2 Å². The van der Waals surface area contributed by atoms with E-state index in [4.69, 9.17) is 0 Å². The van der Waals surface area contributed by atoms with Crippen molar-refractivity contribution in [1.29, 1.82) is 0 Å². The number of rotatable bonds is 3. The first kappa shape index (κ1) is 9.38. The Kier molecular flexibility index (Phi) is 2.74. The van der Waals surface area contributed by atoms with E-state index >= 15 is 0 Å². The fraction of sp³-hybridized carbons (Fsp3) is 0.111. The summed E-state index contributed by atoms with van der Waals surface area (Å²) < 4.78 is 12.8. The Morgan fingerprint density at radius 2 is 1.92 bits per heavy atom. The molecule has 0 amide bonds. The van der Waals surface area contributed by atoms with Crippen molar-refractivity contribution in [2.24, 2.45) is 10.2 Å². The molecule has 0 radical (unpaired) electrons. The van der Waals surface area contributed by atoms with Crippen LogP contribution in [-0.2, 0) is 0 Å². The number of hydrogen-bond donors (Lipinski definition) is 0. The zero-order valence-electron chi connectivity index (χ0n) is 7.37. The maximum atomic E-state index is 12.8. The Morgan fingerprint density at radius 3 is 2.46 bits per heavy atom. The van der Waals surface area contributed by atoms with E-state index in [1.54, 1.807) is 6.07 Å². The summed E-state index contributed by atoms with van der Waals surface area (Å²) in [6.07, 6.45) is 0. The fourth-order valence-electron chi connectivity index (χ4n) is 0.995. The van der Waals surface area contributed by atoms with Crippen molar-refractivity contribution in [2.45, 2.75) is 6.92 Å². The van der Waals surface area contributed by atoms with Crippen LogP contribution in [0.5, 0.6) is 0 Å². The Morgan fingerprint density at radius 1 is 1.31 bits per heavy atom. The first-order valence-corrected chi connectivity index (χ1v) is 3.68. The van der Waals surface area contributed by atoms with Crippen LogP contribution in [0.1, 0.15) is 5.56 Å². The van der Waals surface area contributed by atoms with Gasteiger partial charge in [0.05, 0.1) is 5.69 Å². The van der Waals surface area contributed by atoms with Crippen LogP contribution in [0.3, 0.4) is 0 Å². The number of benzene rings is 1. The van der Waals surface area contributed by atoms with Crippen LogP contribution in [0.25, 0.3) is 0 Å². The minimum absolute atomic E-state index is 0.335. The van der Waals surface area contributed by atoms with Crippen LogP contribution in [0.2, 0.25) is 0 Å². The van der Waals surface area contributed by atoms with Crippen molar-refractivity contribution in [3.05, 3.63) is 29.6 Å². The van der Waals surface area contributed by atoms with Crippen molar-refractivity contribution in [1.82, 2.24) is 0 Å². The van der Waals surface area contributed by atoms with Gasteiger partial charge in [-0.25, -0.2) is 4.39 Å². The van der Waals surface area contributed by atoms with E-state index in [0.29, 0.717) is 5.69 Å². The lowest BCUT2D eigenvalue weighted by molar-refractivity contribution is 0.626. The molecule has 0 fully saturated rings. The van der Waals surface area contributed by atoms with E-state index in [-0.39, 0.29) is 5.82 Å². The van der Waals surface area contributed by atoms with Gasteiger partial charge < -0.3 is 0 Å². The van der Waals surface area contributed by atoms with Gasteiger partial charge in [0.2, 0.25) is 0 Å². The van der Waals surface area contributed by atoms with Crippen molar-refractivity contribution in [3.8, 4) is 0 Å². The summed E-state index contributed by atoms with van der Waals surface area (Å²) in [7, 11) is 0. The first-order chi connectivity index (χ1) is 6.19. The predicted molar refractivity (Wildman–Crippen MR) is 52.7 cm³/mol. The quantitative estimate of drug-likeness (QED) is 0.516. The van der Waals surface area contributed by atoms with Crippen LogP contribution < -0.4 is 5.12 Å². The number of nitrogens with zero attached hydrogens (tertiary/aromatic N) is 3. The molecule has 0 saturated carbocycles. The highest BCUT2D eigenvalue weighted by molar-refractivity contribution is 5.54. The molecule has 0 aliphatic heterocycles. The van der Waals surface area contributed by atoms with Crippen molar-refractivity contribution in [2.75, 3.05) is 5.12 Å². The van der Waals surface area contributed by atoms with E-state index in [2.05, 4.69) is 23.6 Å². The summed E-state index contributed by atoms with van der Waals surface area (Å²) in [4.78, 5) is 0. The van der Waals surface area contributed by atoms with Gasteiger partial charge in [-0.15, -0.1) is 0 Å². The van der Waals surface area contributed by atoms with Gasteiger partial charge in [0.15, 0.2) is 0 Å². The zero-order valence-corrected chi connectivity index (χ0v) is 7.37. The molecule has 0 aliphatic rings. The summed E-state index contributed by atoms with van der Waals surface area (Å²) in [5.74, 6) is -0.335. The van der Waals surface area contributed by atoms with Gasteiger partial charge >= 0.3 is 0 Å². The maximum Gasteiger partial charge on any atom is 0.125 e. The summed E-state index contributed by atoms with van der Waals surface area (Å²) in [6.45, 7) is 8.43. The molecule has 3 nitrogen and oxygen atoms in total. The van der Waals surface area contributed by atoms with Gasteiger partial charge in [0, 0.05) is 19.5 Å². The molecule has 0 aliphatic carbocycles. The highest BCUT2D eigenvalue weighted by atomic mass is 19.1. The second-order valence-corrected chi connectivity index (χ2v) is 2.50. The zero-order chi connectivity index (χ0) is 9.84. The van der Waals surface area contributed by atoms with Crippen molar-refractivity contribution in [3.63, 3.8) is 0 Å². The standard InChI is InChI=1S/C9H10FN3/c1-7-4-5-8(10)6-9(7)13(11-2)12-3/h4-6H,2-3H2,1H3. The molecule has 13 heavy (non-hydrogen) atoms. The van der Waals surface area contributed by atoms with Gasteiger partial charge in [-0.05, 0) is 18.6 Å². The number of halogens is 1. The van der Waals surface area contributed by atoms with Crippen molar-refractivity contribution < 1.29 is 4.39 Å². The lowest BCUT2D eigenvalue weighted by Gasteiger charge is -2.13. The molecule has 1 aromatic carbocycles. The molecular formula is C9H10FN3.